The lowest BCUT2D eigenvalue weighted by atomic mass is 10.1. The monoisotopic (exact) mass is 276 g/mol. The van der Waals surface area contributed by atoms with Gasteiger partial charge in [0.1, 0.15) is 5.58 Å². The number of hydrogen-bond acceptors (Lipinski definition) is 6. The molecule has 6 nitrogen and oxygen atoms in total. The number of hydrogen-bond donors (Lipinski definition) is 2. The van der Waals surface area contributed by atoms with E-state index in [9.17, 15) is 4.79 Å². The van der Waals surface area contributed by atoms with Crippen LogP contribution in [0.5, 0.6) is 0 Å². The van der Waals surface area contributed by atoms with Gasteiger partial charge in [-0.05, 0) is 24.3 Å². The number of nitrogen functional groups attached to an aromatic ring is 1. The molecule has 3 N–H and O–H groups in total. The molecule has 19 heavy (non-hydrogen) atoms. The molecular formula is C12H9ClN4O2. The maximum absolute atomic E-state index is 12.0. The van der Waals surface area contributed by atoms with Crippen molar-refractivity contribution in [3.8, 4) is 0 Å². The first kappa shape index (κ1) is 11.9. The molecule has 0 bridgehead atoms. The van der Waals surface area contributed by atoms with E-state index in [-0.39, 0.29) is 5.56 Å². The van der Waals surface area contributed by atoms with Gasteiger partial charge in [0.2, 0.25) is 5.00 Å². The number of fused-ring (bicyclic) bond motifs is 1. The summed E-state index contributed by atoms with van der Waals surface area (Å²) < 4.78 is 5.24. The highest BCUT2D eigenvalue weighted by Gasteiger charge is 2.33. The Hall–Kier alpha value is -2.18. The second-order valence-corrected chi connectivity index (χ2v) is 4.63. The average Bonchev–Trinajstić information content (AvgIpc) is 2.85. The van der Waals surface area contributed by atoms with Crippen LogP contribution < -0.4 is 16.9 Å². The van der Waals surface area contributed by atoms with Gasteiger partial charge in [0, 0.05) is 17.7 Å². The molecule has 3 rings (SSSR count). The summed E-state index contributed by atoms with van der Waals surface area (Å²) in [4.78, 5) is 10.7. The quantitative estimate of drug-likeness (QED) is 0.290. The zero-order chi connectivity index (χ0) is 13.5. The number of benzene rings is 1. The highest BCUT2D eigenvalue weighted by Crippen LogP contribution is 2.35. The van der Waals surface area contributed by atoms with Gasteiger partial charge in [0.05, 0.1) is 11.3 Å². The Kier molecular flexibility index (Phi) is 2.62. The van der Waals surface area contributed by atoms with E-state index in [1.807, 2.05) is 0 Å². The molecule has 1 aliphatic heterocycles. The standard InChI is InChI=1S/C12H9ClN4O2/c13-12(3-4-15-17-12)9-5-7-1-2-8(16-14)6-10(7)19-11(9)18/h1-6,16H,14H2. The van der Waals surface area contributed by atoms with Crippen molar-refractivity contribution < 1.29 is 4.42 Å². The van der Waals surface area contributed by atoms with Crippen LogP contribution in [0.25, 0.3) is 11.0 Å². The normalized spacial score (nSPS) is 21.2. The molecular weight excluding hydrogens is 268 g/mol. The van der Waals surface area contributed by atoms with Crippen molar-refractivity contribution in [1.82, 2.24) is 0 Å². The lowest BCUT2D eigenvalue weighted by Gasteiger charge is -2.13. The van der Waals surface area contributed by atoms with E-state index in [1.54, 1.807) is 24.3 Å². The van der Waals surface area contributed by atoms with E-state index in [2.05, 4.69) is 15.7 Å². The number of halogens is 1. The first-order valence-corrected chi connectivity index (χ1v) is 5.84. The first-order valence-electron chi connectivity index (χ1n) is 5.46. The fourth-order valence-electron chi connectivity index (χ4n) is 1.87. The number of nitrogens with one attached hydrogen (secondary N) is 1. The van der Waals surface area contributed by atoms with E-state index < -0.39 is 10.6 Å². The van der Waals surface area contributed by atoms with E-state index >= 15 is 0 Å². The summed E-state index contributed by atoms with van der Waals surface area (Å²) in [7, 11) is 0. The molecule has 1 aliphatic rings. The summed E-state index contributed by atoms with van der Waals surface area (Å²) in [5, 5.41) is 8.22. The molecule has 0 fully saturated rings. The molecule has 1 unspecified atom stereocenters. The number of azo groups is 1. The van der Waals surface area contributed by atoms with Gasteiger partial charge in [-0.15, -0.1) is 0 Å². The van der Waals surface area contributed by atoms with E-state index in [0.29, 0.717) is 11.3 Å². The fourth-order valence-corrected chi connectivity index (χ4v) is 2.10. The molecule has 0 radical (unpaired) electrons. The van der Waals surface area contributed by atoms with Gasteiger partial charge in [-0.3, -0.25) is 5.84 Å². The third-order valence-corrected chi connectivity index (χ3v) is 3.25. The number of nitrogens with zero attached hydrogens (tertiary/aromatic N) is 2. The molecule has 96 valence electrons. The van der Waals surface area contributed by atoms with Crippen molar-refractivity contribution in [3.05, 3.63) is 52.5 Å². The lowest BCUT2D eigenvalue weighted by Crippen LogP contribution is -2.20. The van der Waals surface area contributed by atoms with E-state index in [4.69, 9.17) is 21.9 Å². The van der Waals surface area contributed by atoms with Crippen LogP contribution in [0.4, 0.5) is 5.69 Å². The van der Waals surface area contributed by atoms with Crippen molar-refractivity contribution in [3.63, 3.8) is 0 Å². The zero-order valence-corrected chi connectivity index (χ0v) is 10.4. The van der Waals surface area contributed by atoms with Gasteiger partial charge < -0.3 is 9.84 Å². The largest absolute Gasteiger partial charge is 0.422 e. The van der Waals surface area contributed by atoms with Crippen molar-refractivity contribution in [2.45, 2.75) is 5.00 Å². The minimum absolute atomic E-state index is 0.229. The summed E-state index contributed by atoms with van der Waals surface area (Å²) in [6, 6.07) is 6.81. The Morgan fingerprint density at radius 2 is 2.21 bits per heavy atom. The zero-order valence-electron chi connectivity index (χ0n) is 9.63. The Morgan fingerprint density at radius 3 is 2.89 bits per heavy atom. The molecule has 1 atom stereocenters. The van der Waals surface area contributed by atoms with Crippen LogP contribution in [0.2, 0.25) is 0 Å². The minimum Gasteiger partial charge on any atom is -0.422 e. The Morgan fingerprint density at radius 1 is 1.37 bits per heavy atom. The second kappa shape index (κ2) is 4.18. The molecule has 1 aromatic carbocycles. The van der Waals surface area contributed by atoms with Gasteiger partial charge in [-0.1, -0.05) is 11.6 Å². The molecule has 1 aromatic heterocycles. The smallest absolute Gasteiger partial charge is 0.343 e. The maximum Gasteiger partial charge on any atom is 0.343 e. The third-order valence-electron chi connectivity index (χ3n) is 2.85. The lowest BCUT2D eigenvalue weighted by molar-refractivity contribution is 0.540. The number of anilines is 1. The van der Waals surface area contributed by atoms with Crippen LogP contribution in [-0.2, 0) is 5.00 Å². The third kappa shape index (κ3) is 1.91. The average molecular weight is 277 g/mol. The molecule has 7 heteroatoms. The first-order chi connectivity index (χ1) is 9.12. The molecule has 2 aromatic rings. The number of nitrogens with two attached hydrogens (primary N) is 1. The number of alkyl halides is 1. The molecule has 0 saturated heterocycles. The van der Waals surface area contributed by atoms with Crippen LogP contribution >= 0.6 is 11.6 Å². The summed E-state index contributed by atoms with van der Waals surface area (Å²) in [5.41, 5.74) is 3.22. The van der Waals surface area contributed by atoms with E-state index in [0.717, 1.165) is 5.39 Å². The molecule has 0 saturated carbocycles. The van der Waals surface area contributed by atoms with Crippen molar-refractivity contribution in [2.75, 3.05) is 5.43 Å². The van der Waals surface area contributed by atoms with Crippen LogP contribution in [-0.4, -0.2) is 0 Å². The molecule has 0 amide bonds. The Bertz CT molecular complexity index is 754. The van der Waals surface area contributed by atoms with Crippen LogP contribution in [0, 0.1) is 0 Å². The summed E-state index contributed by atoms with van der Waals surface area (Å²) in [6.45, 7) is 0. The summed E-state index contributed by atoms with van der Waals surface area (Å²) >= 11 is 6.22. The summed E-state index contributed by atoms with van der Waals surface area (Å²) in [6.07, 6.45) is 2.97. The minimum atomic E-state index is -1.28. The maximum atomic E-state index is 12.0. The van der Waals surface area contributed by atoms with Gasteiger partial charge in [-0.2, -0.15) is 10.2 Å². The van der Waals surface area contributed by atoms with Crippen LogP contribution in [0.1, 0.15) is 5.56 Å². The Balaban J connectivity index is 2.23. The van der Waals surface area contributed by atoms with Gasteiger partial charge >= 0.3 is 5.63 Å². The van der Waals surface area contributed by atoms with Crippen LogP contribution in [0.15, 0.2) is 56.0 Å². The van der Waals surface area contributed by atoms with E-state index in [1.165, 1.54) is 12.3 Å². The number of hydrazine groups is 1. The highest BCUT2D eigenvalue weighted by atomic mass is 35.5. The molecule has 0 aliphatic carbocycles. The molecule has 0 spiro atoms. The van der Waals surface area contributed by atoms with Crippen LogP contribution in [0.3, 0.4) is 0 Å². The highest BCUT2D eigenvalue weighted by molar-refractivity contribution is 6.25. The predicted molar refractivity (Wildman–Crippen MR) is 71.8 cm³/mol. The van der Waals surface area contributed by atoms with Gasteiger partial charge in [-0.25, -0.2) is 4.79 Å². The van der Waals surface area contributed by atoms with Crippen molar-refractivity contribution in [1.29, 1.82) is 0 Å². The number of rotatable bonds is 2. The van der Waals surface area contributed by atoms with Crippen molar-refractivity contribution >= 4 is 28.3 Å². The Labute approximate surface area is 112 Å². The van der Waals surface area contributed by atoms with Gasteiger partial charge in [0.15, 0.2) is 0 Å². The fraction of sp³-hybridized carbons (Fsp3) is 0.0833. The molecule has 2 heterocycles. The topological polar surface area (TPSA) is 93.0 Å². The van der Waals surface area contributed by atoms with Gasteiger partial charge in [0.25, 0.3) is 0 Å². The summed E-state index contributed by atoms with van der Waals surface area (Å²) in [5.74, 6) is 5.30. The second-order valence-electron chi connectivity index (χ2n) is 4.05. The SMILES string of the molecule is NNc1ccc2cc(C3(Cl)C=CN=N3)c(=O)oc2c1. The van der Waals surface area contributed by atoms with Crippen molar-refractivity contribution in [2.24, 2.45) is 16.1 Å². The predicted octanol–water partition coefficient (Wildman–Crippen LogP) is 2.45.